The van der Waals surface area contributed by atoms with Crippen molar-refractivity contribution in [1.29, 1.82) is 0 Å². The van der Waals surface area contributed by atoms with Gasteiger partial charge in [0.2, 0.25) is 0 Å². The first-order valence-electron chi connectivity index (χ1n) is 10.9. The Labute approximate surface area is 205 Å². The Hall–Kier alpha value is -4.17. The van der Waals surface area contributed by atoms with Crippen LogP contribution in [0.2, 0.25) is 0 Å². The molecule has 1 fully saturated rings. The molecule has 0 saturated carbocycles. The van der Waals surface area contributed by atoms with Gasteiger partial charge in [0, 0.05) is 5.56 Å². The summed E-state index contributed by atoms with van der Waals surface area (Å²) in [6, 6.07) is 18.9. The maximum Gasteiger partial charge on any atom is 0.301 e. The van der Waals surface area contributed by atoms with Crippen LogP contribution in [-0.2, 0) is 9.59 Å². The van der Waals surface area contributed by atoms with Crippen molar-refractivity contribution in [2.75, 3.05) is 19.1 Å². The molecule has 0 unspecified atom stereocenters. The fourth-order valence-electron chi connectivity index (χ4n) is 4.28. The first kappa shape index (κ1) is 22.6. The van der Waals surface area contributed by atoms with E-state index in [1.165, 1.54) is 16.2 Å². The van der Waals surface area contributed by atoms with E-state index in [4.69, 9.17) is 9.47 Å². The number of aliphatic hydroxyl groups is 1. The Kier molecular flexibility index (Phi) is 5.74. The van der Waals surface area contributed by atoms with Gasteiger partial charge < -0.3 is 14.6 Å². The Morgan fingerprint density at radius 3 is 2.46 bits per heavy atom. The molecule has 1 aromatic heterocycles. The number of Topliss-reactive ketones (excluding diaryl/α,β-unsaturated/α-hetero) is 1. The van der Waals surface area contributed by atoms with Gasteiger partial charge in [-0.05, 0) is 54.4 Å². The van der Waals surface area contributed by atoms with Gasteiger partial charge in [-0.25, -0.2) is 4.98 Å². The van der Waals surface area contributed by atoms with E-state index in [0.717, 1.165) is 10.3 Å². The fraction of sp³-hybridized carbons (Fsp3) is 0.148. The highest BCUT2D eigenvalue weighted by atomic mass is 32.1. The quantitative estimate of drug-likeness (QED) is 0.236. The van der Waals surface area contributed by atoms with E-state index in [0.29, 0.717) is 33.3 Å². The number of methoxy groups -OCH3 is 2. The number of aliphatic hydroxyl groups excluding tert-OH is 1. The zero-order chi connectivity index (χ0) is 24.7. The Bertz CT molecular complexity index is 1490. The number of aromatic nitrogens is 1. The molecule has 0 radical (unpaired) electrons. The van der Waals surface area contributed by atoms with Gasteiger partial charge in [0.15, 0.2) is 5.13 Å². The SMILES string of the molecule is COc1ccc2nc(N3C(=O)C(=O)/C(=C(/O)c4ccc(OC)c(C)c4)[C@@H]3c3ccccc3)sc2c1. The number of amides is 1. The second kappa shape index (κ2) is 8.88. The number of carbonyl (C=O) groups is 2. The lowest BCUT2D eigenvalue weighted by Gasteiger charge is -2.23. The summed E-state index contributed by atoms with van der Waals surface area (Å²) in [5, 5.41) is 11.7. The molecule has 3 aromatic carbocycles. The number of hydrogen-bond donors (Lipinski definition) is 1. The molecular weight excluding hydrogens is 464 g/mol. The summed E-state index contributed by atoms with van der Waals surface area (Å²) in [5.74, 6) is -0.415. The van der Waals surface area contributed by atoms with E-state index >= 15 is 0 Å². The smallest absolute Gasteiger partial charge is 0.301 e. The van der Waals surface area contributed by atoms with Crippen LogP contribution in [0.5, 0.6) is 11.5 Å². The van der Waals surface area contributed by atoms with Crippen LogP contribution in [0, 0.1) is 6.92 Å². The average molecular weight is 487 g/mol. The van der Waals surface area contributed by atoms with Gasteiger partial charge in [-0.1, -0.05) is 41.7 Å². The fourth-order valence-corrected chi connectivity index (χ4v) is 5.31. The van der Waals surface area contributed by atoms with Crippen molar-refractivity contribution in [2.24, 2.45) is 0 Å². The van der Waals surface area contributed by atoms with Crippen LogP contribution in [0.4, 0.5) is 5.13 Å². The van der Waals surface area contributed by atoms with Crippen LogP contribution in [0.1, 0.15) is 22.7 Å². The number of aryl methyl sites for hydroxylation is 1. The third-order valence-electron chi connectivity index (χ3n) is 6.02. The Morgan fingerprint density at radius 2 is 1.77 bits per heavy atom. The van der Waals surface area contributed by atoms with E-state index in [9.17, 15) is 14.7 Å². The van der Waals surface area contributed by atoms with Gasteiger partial charge in [0.25, 0.3) is 5.78 Å². The van der Waals surface area contributed by atoms with E-state index in [-0.39, 0.29) is 11.3 Å². The third kappa shape index (κ3) is 3.81. The molecule has 1 saturated heterocycles. The largest absolute Gasteiger partial charge is 0.507 e. The number of rotatable bonds is 5. The number of ketones is 1. The summed E-state index contributed by atoms with van der Waals surface area (Å²) in [6.07, 6.45) is 0. The molecule has 2 heterocycles. The number of ether oxygens (including phenoxy) is 2. The van der Waals surface area contributed by atoms with Gasteiger partial charge in [-0.15, -0.1) is 0 Å². The van der Waals surface area contributed by atoms with Crippen molar-refractivity contribution in [3.8, 4) is 11.5 Å². The summed E-state index contributed by atoms with van der Waals surface area (Å²) < 4.78 is 11.4. The third-order valence-corrected chi connectivity index (χ3v) is 7.04. The number of carbonyl (C=O) groups excluding carboxylic acids is 2. The van der Waals surface area contributed by atoms with E-state index in [1.54, 1.807) is 38.5 Å². The maximum atomic E-state index is 13.4. The predicted octanol–water partition coefficient (Wildman–Crippen LogP) is 5.25. The number of nitrogens with zero attached hydrogens (tertiary/aromatic N) is 2. The number of hydrogen-bond acceptors (Lipinski definition) is 7. The van der Waals surface area contributed by atoms with Crippen molar-refractivity contribution in [2.45, 2.75) is 13.0 Å². The second-order valence-electron chi connectivity index (χ2n) is 8.09. The Balaban J connectivity index is 1.70. The van der Waals surface area contributed by atoms with Gasteiger partial charge >= 0.3 is 5.91 Å². The second-order valence-corrected chi connectivity index (χ2v) is 9.10. The van der Waals surface area contributed by atoms with Crippen molar-refractivity contribution in [3.63, 3.8) is 0 Å². The number of benzene rings is 3. The van der Waals surface area contributed by atoms with E-state index in [2.05, 4.69) is 4.98 Å². The zero-order valence-corrected chi connectivity index (χ0v) is 20.1. The average Bonchev–Trinajstić information content (AvgIpc) is 3.41. The van der Waals surface area contributed by atoms with Gasteiger partial charge in [0.1, 0.15) is 17.3 Å². The summed E-state index contributed by atoms with van der Waals surface area (Å²) in [7, 11) is 3.15. The minimum absolute atomic E-state index is 0.0163. The molecule has 7 nitrogen and oxygen atoms in total. The van der Waals surface area contributed by atoms with Gasteiger partial charge in [0.05, 0.1) is 36.1 Å². The normalized spacial score (nSPS) is 17.2. The van der Waals surface area contributed by atoms with Crippen molar-refractivity contribution < 1.29 is 24.2 Å². The van der Waals surface area contributed by atoms with Crippen LogP contribution in [-0.4, -0.2) is 36.0 Å². The number of anilines is 1. The molecule has 0 spiro atoms. The van der Waals surface area contributed by atoms with Gasteiger partial charge in [-0.3, -0.25) is 14.5 Å². The van der Waals surface area contributed by atoms with Crippen LogP contribution in [0.3, 0.4) is 0 Å². The first-order valence-corrected chi connectivity index (χ1v) is 11.7. The van der Waals surface area contributed by atoms with Crippen molar-refractivity contribution >= 4 is 44.1 Å². The topological polar surface area (TPSA) is 89.0 Å². The highest BCUT2D eigenvalue weighted by Crippen LogP contribution is 2.44. The molecule has 176 valence electrons. The zero-order valence-electron chi connectivity index (χ0n) is 19.3. The lowest BCUT2D eigenvalue weighted by molar-refractivity contribution is -0.132. The van der Waals surface area contributed by atoms with E-state index in [1.807, 2.05) is 49.4 Å². The van der Waals surface area contributed by atoms with Crippen LogP contribution in [0.25, 0.3) is 16.0 Å². The minimum atomic E-state index is -0.832. The predicted molar refractivity (Wildman–Crippen MR) is 135 cm³/mol. The highest BCUT2D eigenvalue weighted by molar-refractivity contribution is 7.22. The molecule has 35 heavy (non-hydrogen) atoms. The lowest BCUT2D eigenvalue weighted by atomic mass is 9.95. The summed E-state index contributed by atoms with van der Waals surface area (Å²) in [4.78, 5) is 32.7. The lowest BCUT2D eigenvalue weighted by Crippen LogP contribution is -2.29. The standard InChI is InChI=1S/C27H22N2O5S/c1-15-13-17(9-12-20(15)34-3)24(30)22-23(16-7-5-4-6-8-16)29(26(32)25(22)31)27-28-19-11-10-18(33-2)14-21(19)35-27/h4-14,23,30H,1-3H3/b24-22+/t23-/m0/s1. The minimum Gasteiger partial charge on any atom is -0.507 e. The maximum absolute atomic E-state index is 13.4. The number of fused-ring (bicyclic) bond motifs is 1. The molecule has 1 amide bonds. The van der Waals surface area contributed by atoms with Crippen molar-refractivity contribution in [1.82, 2.24) is 4.98 Å². The molecule has 1 atom stereocenters. The monoisotopic (exact) mass is 486 g/mol. The summed E-state index contributed by atoms with van der Waals surface area (Å²) in [6.45, 7) is 1.85. The molecule has 0 bridgehead atoms. The van der Waals surface area contributed by atoms with Crippen LogP contribution >= 0.6 is 11.3 Å². The number of thiazole rings is 1. The molecule has 0 aliphatic carbocycles. The first-order chi connectivity index (χ1) is 16.9. The van der Waals surface area contributed by atoms with Gasteiger partial charge in [-0.2, -0.15) is 0 Å². The van der Waals surface area contributed by atoms with Crippen LogP contribution < -0.4 is 14.4 Å². The summed E-state index contributed by atoms with van der Waals surface area (Å²) in [5.41, 5.74) is 2.61. The molecular formula is C27H22N2O5S. The molecule has 1 N–H and O–H groups in total. The Morgan fingerprint density at radius 1 is 1.00 bits per heavy atom. The molecule has 1 aliphatic rings. The molecule has 1 aliphatic heterocycles. The van der Waals surface area contributed by atoms with E-state index < -0.39 is 17.7 Å². The summed E-state index contributed by atoms with van der Waals surface area (Å²) >= 11 is 1.29. The van der Waals surface area contributed by atoms with Crippen LogP contribution in [0.15, 0.2) is 72.3 Å². The molecule has 4 aromatic rings. The highest BCUT2D eigenvalue weighted by Gasteiger charge is 2.48. The molecule has 8 heteroatoms. The van der Waals surface area contributed by atoms with Crippen molar-refractivity contribution in [3.05, 3.63) is 89.0 Å². The molecule has 5 rings (SSSR count).